The molecule has 0 aliphatic carbocycles. The summed E-state index contributed by atoms with van der Waals surface area (Å²) >= 11 is 0. The second kappa shape index (κ2) is 8.03. The van der Waals surface area contributed by atoms with Gasteiger partial charge in [-0.1, -0.05) is 18.9 Å². The molecule has 6 heteroatoms. The number of hydrogen-bond acceptors (Lipinski definition) is 5. The molecule has 0 saturated carbocycles. The Hall–Kier alpha value is -3.15. The van der Waals surface area contributed by atoms with E-state index in [0.717, 1.165) is 24.5 Å². The third kappa shape index (κ3) is 4.16. The fourth-order valence-corrected chi connectivity index (χ4v) is 3.31. The molecule has 1 aliphatic heterocycles. The molecule has 0 unspecified atom stereocenters. The smallest absolute Gasteiger partial charge is 0.257 e. The van der Waals surface area contributed by atoms with Gasteiger partial charge in [0.15, 0.2) is 0 Å². The highest BCUT2D eigenvalue weighted by Gasteiger charge is 2.13. The van der Waals surface area contributed by atoms with Crippen LogP contribution in [-0.4, -0.2) is 29.0 Å². The van der Waals surface area contributed by atoms with E-state index in [-0.39, 0.29) is 5.91 Å². The zero-order valence-electron chi connectivity index (χ0n) is 15.1. The van der Waals surface area contributed by atoms with Crippen LogP contribution in [0.4, 0.5) is 11.5 Å². The molecule has 2 aromatic heterocycles. The largest absolute Gasteiger partial charge is 0.445 e. The van der Waals surface area contributed by atoms with Crippen LogP contribution in [0.25, 0.3) is 11.5 Å². The first-order valence-corrected chi connectivity index (χ1v) is 9.32. The number of amides is 1. The molecule has 6 nitrogen and oxygen atoms in total. The Balaban J connectivity index is 1.44. The number of pyridine rings is 1. The molecule has 1 amide bonds. The fourth-order valence-electron chi connectivity index (χ4n) is 3.31. The van der Waals surface area contributed by atoms with Crippen LogP contribution in [0.15, 0.2) is 59.5 Å². The monoisotopic (exact) mass is 362 g/mol. The van der Waals surface area contributed by atoms with Crippen molar-refractivity contribution in [2.45, 2.75) is 25.7 Å². The summed E-state index contributed by atoms with van der Waals surface area (Å²) in [4.78, 5) is 23.5. The first kappa shape index (κ1) is 17.3. The molecule has 0 atom stereocenters. The number of rotatable bonds is 4. The first-order valence-electron chi connectivity index (χ1n) is 9.32. The van der Waals surface area contributed by atoms with Crippen LogP contribution in [0.5, 0.6) is 0 Å². The van der Waals surface area contributed by atoms with Gasteiger partial charge in [0.1, 0.15) is 12.1 Å². The molecule has 1 saturated heterocycles. The molecule has 27 heavy (non-hydrogen) atoms. The van der Waals surface area contributed by atoms with Crippen LogP contribution in [-0.2, 0) is 0 Å². The normalized spacial score (nSPS) is 14.6. The number of benzene rings is 1. The molecule has 138 valence electrons. The van der Waals surface area contributed by atoms with Crippen molar-refractivity contribution in [1.82, 2.24) is 9.97 Å². The standard InChI is InChI=1S/C21H22N4O2/c26-20(24-18-7-5-6-16(14-18)21-22-10-13-27-21)17-8-9-19(23-15-17)25-11-3-1-2-4-12-25/h5-10,13-15H,1-4,11-12H2,(H,24,26). The number of carbonyl (C=O) groups is 1. The summed E-state index contributed by atoms with van der Waals surface area (Å²) in [5.74, 6) is 1.28. The van der Waals surface area contributed by atoms with Crippen LogP contribution in [0.3, 0.4) is 0 Å². The number of nitrogens with zero attached hydrogens (tertiary/aromatic N) is 3. The molecule has 0 spiro atoms. The van der Waals surface area contributed by atoms with Gasteiger partial charge in [0.25, 0.3) is 5.91 Å². The lowest BCUT2D eigenvalue weighted by molar-refractivity contribution is 0.102. The van der Waals surface area contributed by atoms with Crippen LogP contribution in [0.1, 0.15) is 36.0 Å². The van der Waals surface area contributed by atoms with Gasteiger partial charge in [-0.3, -0.25) is 4.79 Å². The number of hydrogen-bond donors (Lipinski definition) is 1. The molecule has 0 bridgehead atoms. The summed E-state index contributed by atoms with van der Waals surface area (Å²) in [6, 6.07) is 11.2. The van der Waals surface area contributed by atoms with E-state index in [2.05, 4.69) is 20.2 Å². The maximum atomic E-state index is 12.6. The Kier molecular flexibility index (Phi) is 5.14. The second-order valence-corrected chi connectivity index (χ2v) is 6.68. The van der Waals surface area contributed by atoms with Crippen LogP contribution >= 0.6 is 0 Å². The number of oxazole rings is 1. The molecule has 4 rings (SSSR count). The third-order valence-electron chi connectivity index (χ3n) is 4.74. The summed E-state index contributed by atoms with van der Waals surface area (Å²) < 4.78 is 5.31. The number of nitrogens with one attached hydrogen (secondary N) is 1. The second-order valence-electron chi connectivity index (χ2n) is 6.68. The average Bonchev–Trinajstić information content (AvgIpc) is 3.11. The van der Waals surface area contributed by atoms with E-state index in [1.54, 1.807) is 12.4 Å². The lowest BCUT2D eigenvalue weighted by atomic mass is 10.2. The Labute approximate surface area is 158 Å². The van der Waals surface area contributed by atoms with Crippen molar-refractivity contribution < 1.29 is 9.21 Å². The zero-order chi connectivity index (χ0) is 18.5. The molecule has 0 radical (unpaired) electrons. The summed E-state index contributed by atoms with van der Waals surface area (Å²) in [6.07, 6.45) is 9.73. The summed E-state index contributed by atoms with van der Waals surface area (Å²) in [5.41, 5.74) is 2.04. The molecule has 3 heterocycles. The average molecular weight is 362 g/mol. The zero-order valence-corrected chi connectivity index (χ0v) is 15.1. The maximum Gasteiger partial charge on any atom is 0.257 e. The van der Waals surface area contributed by atoms with E-state index >= 15 is 0 Å². The minimum Gasteiger partial charge on any atom is -0.445 e. The van der Waals surface area contributed by atoms with Gasteiger partial charge in [-0.05, 0) is 43.2 Å². The van der Waals surface area contributed by atoms with Gasteiger partial charge in [-0.15, -0.1) is 0 Å². The van der Waals surface area contributed by atoms with Crippen molar-refractivity contribution in [3.8, 4) is 11.5 Å². The molecule has 1 aliphatic rings. The van der Waals surface area contributed by atoms with E-state index in [4.69, 9.17) is 4.42 Å². The summed E-state index contributed by atoms with van der Waals surface area (Å²) in [5, 5.41) is 2.91. The number of aromatic nitrogens is 2. The van der Waals surface area contributed by atoms with Crippen molar-refractivity contribution in [2.24, 2.45) is 0 Å². The minimum absolute atomic E-state index is 0.186. The predicted molar refractivity (Wildman–Crippen MR) is 105 cm³/mol. The lowest BCUT2D eigenvalue weighted by Crippen LogP contribution is -2.25. The van der Waals surface area contributed by atoms with E-state index in [9.17, 15) is 4.79 Å². The van der Waals surface area contributed by atoms with Gasteiger partial charge in [0.05, 0.1) is 11.8 Å². The highest BCUT2D eigenvalue weighted by Crippen LogP contribution is 2.22. The quantitative estimate of drug-likeness (QED) is 0.746. The van der Waals surface area contributed by atoms with Crippen molar-refractivity contribution in [1.29, 1.82) is 0 Å². The maximum absolute atomic E-state index is 12.6. The van der Waals surface area contributed by atoms with Crippen molar-refractivity contribution in [3.05, 3.63) is 60.6 Å². The minimum atomic E-state index is -0.186. The Morgan fingerprint density at radius 3 is 2.59 bits per heavy atom. The van der Waals surface area contributed by atoms with Crippen LogP contribution in [0.2, 0.25) is 0 Å². The van der Waals surface area contributed by atoms with Crippen LogP contribution in [0, 0.1) is 0 Å². The Morgan fingerprint density at radius 2 is 1.89 bits per heavy atom. The molecule has 1 aromatic carbocycles. The highest BCUT2D eigenvalue weighted by molar-refractivity contribution is 6.04. The van der Waals surface area contributed by atoms with E-state index < -0.39 is 0 Å². The lowest BCUT2D eigenvalue weighted by Gasteiger charge is -2.21. The van der Waals surface area contributed by atoms with Gasteiger partial charge < -0.3 is 14.6 Å². The molecular weight excluding hydrogens is 340 g/mol. The van der Waals surface area contributed by atoms with E-state index in [1.165, 1.54) is 31.9 Å². The molecular formula is C21H22N4O2. The summed E-state index contributed by atoms with van der Waals surface area (Å²) in [7, 11) is 0. The number of carbonyl (C=O) groups excluding carboxylic acids is 1. The van der Waals surface area contributed by atoms with E-state index in [0.29, 0.717) is 17.1 Å². The molecule has 1 fully saturated rings. The van der Waals surface area contributed by atoms with Crippen molar-refractivity contribution in [2.75, 3.05) is 23.3 Å². The highest BCUT2D eigenvalue weighted by atomic mass is 16.3. The predicted octanol–water partition coefficient (Wildman–Crippen LogP) is 4.37. The Bertz CT molecular complexity index is 883. The SMILES string of the molecule is O=C(Nc1cccc(-c2ncco2)c1)c1ccc(N2CCCCCC2)nc1. The first-order chi connectivity index (χ1) is 13.3. The van der Waals surface area contributed by atoms with Crippen molar-refractivity contribution in [3.63, 3.8) is 0 Å². The van der Waals surface area contributed by atoms with Gasteiger partial charge >= 0.3 is 0 Å². The third-order valence-corrected chi connectivity index (χ3v) is 4.74. The van der Waals surface area contributed by atoms with Crippen LogP contribution < -0.4 is 10.2 Å². The van der Waals surface area contributed by atoms with Gasteiger partial charge in [-0.2, -0.15) is 0 Å². The van der Waals surface area contributed by atoms with Crippen molar-refractivity contribution >= 4 is 17.4 Å². The van der Waals surface area contributed by atoms with E-state index in [1.807, 2.05) is 36.4 Å². The summed E-state index contributed by atoms with van der Waals surface area (Å²) in [6.45, 7) is 2.07. The van der Waals surface area contributed by atoms with Gasteiger partial charge in [-0.25, -0.2) is 9.97 Å². The topological polar surface area (TPSA) is 71.3 Å². The van der Waals surface area contributed by atoms with Gasteiger partial charge in [0, 0.05) is 30.5 Å². The van der Waals surface area contributed by atoms with Gasteiger partial charge in [0.2, 0.25) is 5.89 Å². The fraction of sp³-hybridized carbons (Fsp3) is 0.286. The molecule has 3 aromatic rings. The number of anilines is 2. The molecule has 1 N–H and O–H groups in total. The Morgan fingerprint density at radius 1 is 1.04 bits per heavy atom.